The normalized spacial score (nSPS) is 9.70. The van der Waals surface area contributed by atoms with Crippen LogP contribution in [0.5, 0.6) is 0 Å². The zero-order valence-corrected chi connectivity index (χ0v) is 5.62. The maximum Gasteiger partial charge on any atom is 0.0417 e. The summed E-state index contributed by atoms with van der Waals surface area (Å²) in [7, 11) is 0. The van der Waals surface area contributed by atoms with Gasteiger partial charge in [0, 0.05) is 24.9 Å². The molecule has 0 aliphatic carbocycles. The van der Waals surface area contributed by atoms with Crippen LogP contribution in [0.2, 0.25) is 0 Å². The van der Waals surface area contributed by atoms with E-state index in [9.17, 15) is 0 Å². The summed E-state index contributed by atoms with van der Waals surface area (Å²) < 4.78 is 0. The third-order valence-electron chi connectivity index (χ3n) is 1.22. The van der Waals surface area contributed by atoms with Crippen LogP contribution in [0.1, 0.15) is 5.69 Å². The first-order chi connectivity index (χ1) is 4.93. The molecule has 0 atom stereocenters. The van der Waals surface area contributed by atoms with Gasteiger partial charge in [0.1, 0.15) is 0 Å². The molecule has 3 heteroatoms. The smallest absolute Gasteiger partial charge is 0.0417 e. The van der Waals surface area contributed by atoms with Crippen molar-refractivity contribution >= 4 is 0 Å². The molecule has 1 rings (SSSR count). The molecule has 0 aliphatic heterocycles. The predicted molar refractivity (Wildman–Crippen MR) is 37.7 cm³/mol. The highest BCUT2D eigenvalue weighted by Gasteiger charge is 1.89. The number of aromatic nitrogens is 1. The Morgan fingerprint density at radius 2 is 2.40 bits per heavy atom. The van der Waals surface area contributed by atoms with Gasteiger partial charge in [0.2, 0.25) is 0 Å². The molecule has 10 heavy (non-hydrogen) atoms. The van der Waals surface area contributed by atoms with Gasteiger partial charge in [-0.3, -0.25) is 4.98 Å². The summed E-state index contributed by atoms with van der Waals surface area (Å²) in [5.41, 5.74) is 3.07. The summed E-state index contributed by atoms with van der Waals surface area (Å²) in [4.78, 5) is 4.07. The molecule has 0 unspecified atom stereocenters. The minimum atomic E-state index is 0.553. The molecule has 0 aromatic carbocycles. The number of hydrogen-bond donors (Lipinski definition) is 2. The molecule has 2 N–H and O–H groups in total. The third-order valence-corrected chi connectivity index (χ3v) is 1.22. The Bertz CT molecular complexity index is 176. The fourth-order valence-corrected chi connectivity index (χ4v) is 0.730. The van der Waals surface area contributed by atoms with Gasteiger partial charge >= 0.3 is 0 Å². The Morgan fingerprint density at radius 3 is 3.00 bits per heavy atom. The molecule has 1 heterocycles. The molecule has 3 nitrogen and oxygen atoms in total. The van der Waals surface area contributed by atoms with Crippen LogP contribution in [0.4, 0.5) is 0 Å². The molecular formula is C7H10N2O. The molecule has 1 aromatic heterocycles. The van der Waals surface area contributed by atoms with E-state index in [2.05, 4.69) is 10.5 Å². The molecule has 0 radical (unpaired) electrons. The van der Waals surface area contributed by atoms with E-state index in [0.717, 1.165) is 12.1 Å². The Labute approximate surface area is 59.7 Å². The maximum atomic E-state index is 8.25. The maximum absolute atomic E-state index is 8.25. The van der Waals surface area contributed by atoms with Crippen molar-refractivity contribution in [2.75, 3.05) is 6.54 Å². The largest absolute Gasteiger partial charge is 0.317 e. The minimum absolute atomic E-state index is 0.553. The highest BCUT2D eigenvalue weighted by molar-refractivity contribution is 5.03. The Kier molecular flexibility index (Phi) is 2.86. The molecule has 0 aliphatic rings. The van der Waals surface area contributed by atoms with Crippen LogP contribution in [0.25, 0.3) is 0 Å². The zero-order valence-electron chi connectivity index (χ0n) is 5.62. The van der Waals surface area contributed by atoms with Gasteiger partial charge in [-0.1, -0.05) is 6.07 Å². The van der Waals surface area contributed by atoms with E-state index in [-0.39, 0.29) is 0 Å². The van der Waals surface area contributed by atoms with Crippen molar-refractivity contribution in [1.82, 2.24) is 10.5 Å². The lowest BCUT2D eigenvalue weighted by Crippen LogP contribution is -2.11. The first-order valence-electron chi connectivity index (χ1n) is 3.20. The van der Waals surface area contributed by atoms with Crippen molar-refractivity contribution in [3.8, 4) is 0 Å². The molecule has 0 saturated heterocycles. The van der Waals surface area contributed by atoms with Gasteiger partial charge in [-0.15, -0.1) is 0 Å². The number of nitrogens with zero attached hydrogens (tertiary/aromatic N) is 1. The monoisotopic (exact) mass is 138 g/mol. The van der Waals surface area contributed by atoms with E-state index in [1.54, 1.807) is 6.20 Å². The summed E-state index contributed by atoms with van der Waals surface area (Å²) in [5.74, 6) is 0. The molecule has 0 amide bonds. The quantitative estimate of drug-likeness (QED) is 0.601. The van der Waals surface area contributed by atoms with Gasteiger partial charge in [-0.2, -0.15) is 0 Å². The highest BCUT2D eigenvalue weighted by atomic mass is 16.5. The fraction of sp³-hybridized carbons (Fsp3) is 0.286. The zero-order chi connectivity index (χ0) is 7.23. The van der Waals surface area contributed by atoms with Crippen LogP contribution < -0.4 is 5.48 Å². The fourth-order valence-electron chi connectivity index (χ4n) is 0.730. The van der Waals surface area contributed by atoms with Gasteiger partial charge in [-0.05, 0) is 12.1 Å². The first-order valence-corrected chi connectivity index (χ1v) is 3.20. The molecular weight excluding hydrogens is 128 g/mol. The standard InChI is InChI=1S/C7H10N2O/c10-9-6-4-7-3-1-2-5-8-7/h1-3,5,9-10H,4,6H2. The van der Waals surface area contributed by atoms with E-state index in [4.69, 9.17) is 5.21 Å². The van der Waals surface area contributed by atoms with E-state index < -0.39 is 0 Å². The summed E-state index contributed by atoms with van der Waals surface area (Å²) >= 11 is 0. The van der Waals surface area contributed by atoms with E-state index in [1.165, 1.54) is 0 Å². The second-order valence-corrected chi connectivity index (χ2v) is 1.98. The molecule has 0 spiro atoms. The Hall–Kier alpha value is -0.930. The van der Waals surface area contributed by atoms with Crippen LogP contribution in [0, 0.1) is 0 Å². The second-order valence-electron chi connectivity index (χ2n) is 1.98. The highest BCUT2D eigenvalue weighted by Crippen LogP contribution is 1.92. The molecule has 0 saturated carbocycles. The van der Waals surface area contributed by atoms with Gasteiger partial charge in [-0.25, -0.2) is 5.48 Å². The van der Waals surface area contributed by atoms with Gasteiger partial charge < -0.3 is 5.21 Å². The molecule has 0 bridgehead atoms. The van der Waals surface area contributed by atoms with E-state index >= 15 is 0 Å². The van der Waals surface area contributed by atoms with Crippen LogP contribution in [0.3, 0.4) is 0 Å². The summed E-state index contributed by atoms with van der Waals surface area (Å²) in [5, 5.41) is 8.25. The van der Waals surface area contributed by atoms with Crippen molar-refractivity contribution < 1.29 is 5.21 Å². The summed E-state index contributed by atoms with van der Waals surface area (Å²) in [6, 6.07) is 5.73. The average molecular weight is 138 g/mol. The molecule has 54 valence electrons. The Morgan fingerprint density at radius 1 is 1.50 bits per heavy atom. The van der Waals surface area contributed by atoms with Crippen molar-refractivity contribution in [2.24, 2.45) is 0 Å². The number of rotatable bonds is 3. The van der Waals surface area contributed by atoms with E-state index in [1.807, 2.05) is 18.2 Å². The Balaban J connectivity index is 2.43. The SMILES string of the molecule is ONCCc1ccccn1. The van der Waals surface area contributed by atoms with Crippen LogP contribution in [0.15, 0.2) is 24.4 Å². The summed E-state index contributed by atoms with van der Waals surface area (Å²) in [6.45, 7) is 0.553. The lowest BCUT2D eigenvalue weighted by molar-refractivity contribution is 0.168. The lowest BCUT2D eigenvalue weighted by Gasteiger charge is -1.96. The topological polar surface area (TPSA) is 45.1 Å². The molecule has 1 aromatic rings. The van der Waals surface area contributed by atoms with E-state index in [0.29, 0.717) is 6.54 Å². The number of nitrogens with one attached hydrogen (secondary N) is 1. The summed E-state index contributed by atoms with van der Waals surface area (Å²) in [6.07, 6.45) is 2.50. The van der Waals surface area contributed by atoms with Gasteiger partial charge in [0.15, 0.2) is 0 Å². The van der Waals surface area contributed by atoms with Crippen molar-refractivity contribution in [3.63, 3.8) is 0 Å². The van der Waals surface area contributed by atoms with Gasteiger partial charge in [0.05, 0.1) is 0 Å². The number of hydrogen-bond acceptors (Lipinski definition) is 3. The minimum Gasteiger partial charge on any atom is -0.317 e. The van der Waals surface area contributed by atoms with Crippen molar-refractivity contribution in [3.05, 3.63) is 30.1 Å². The van der Waals surface area contributed by atoms with Crippen LogP contribution in [-0.4, -0.2) is 16.7 Å². The second kappa shape index (κ2) is 3.98. The predicted octanol–water partition coefficient (Wildman–Crippen LogP) is 0.603. The average Bonchev–Trinajstić information content (AvgIpc) is 2.03. The van der Waals surface area contributed by atoms with Crippen molar-refractivity contribution in [2.45, 2.75) is 6.42 Å². The van der Waals surface area contributed by atoms with Crippen molar-refractivity contribution in [1.29, 1.82) is 0 Å². The number of pyridine rings is 1. The molecule has 0 fully saturated rings. The van der Waals surface area contributed by atoms with Gasteiger partial charge in [0.25, 0.3) is 0 Å². The van der Waals surface area contributed by atoms with Crippen LogP contribution in [-0.2, 0) is 6.42 Å². The third kappa shape index (κ3) is 2.13. The number of hydroxylamine groups is 1. The van der Waals surface area contributed by atoms with Crippen LogP contribution >= 0.6 is 0 Å². The first kappa shape index (κ1) is 7.18. The lowest BCUT2D eigenvalue weighted by atomic mass is 10.3.